The van der Waals surface area contributed by atoms with Crippen molar-refractivity contribution in [1.29, 1.82) is 0 Å². The number of carbonyl (C=O) groups excluding carboxylic acids is 2. The number of pyridine rings is 1. The van der Waals surface area contributed by atoms with Gasteiger partial charge in [0.15, 0.2) is 10.9 Å². The van der Waals surface area contributed by atoms with Crippen LogP contribution in [0.2, 0.25) is 0 Å². The predicted molar refractivity (Wildman–Crippen MR) is 117 cm³/mol. The average Bonchev–Trinajstić information content (AvgIpc) is 3.20. The van der Waals surface area contributed by atoms with E-state index in [1.165, 1.54) is 18.3 Å². The van der Waals surface area contributed by atoms with Crippen molar-refractivity contribution in [2.45, 2.75) is 13.5 Å². The molecule has 6 nitrogen and oxygen atoms in total. The van der Waals surface area contributed by atoms with Crippen LogP contribution in [0.5, 0.6) is 5.75 Å². The first kappa shape index (κ1) is 19.7. The van der Waals surface area contributed by atoms with Gasteiger partial charge in [-0.1, -0.05) is 29.5 Å². The van der Waals surface area contributed by atoms with E-state index in [1.807, 2.05) is 36.4 Å². The summed E-state index contributed by atoms with van der Waals surface area (Å²) >= 11 is 1.43. The minimum Gasteiger partial charge on any atom is -0.497 e. The van der Waals surface area contributed by atoms with E-state index in [9.17, 15) is 9.59 Å². The molecule has 0 aliphatic heterocycles. The van der Waals surface area contributed by atoms with Gasteiger partial charge in [0.2, 0.25) is 0 Å². The van der Waals surface area contributed by atoms with Gasteiger partial charge in [-0.05, 0) is 43.3 Å². The zero-order valence-electron chi connectivity index (χ0n) is 16.5. The average molecular weight is 417 g/mol. The monoisotopic (exact) mass is 417 g/mol. The van der Waals surface area contributed by atoms with Crippen molar-refractivity contribution in [3.63, 3.8) is 0 Å². The molecule has 0 bridgehead atoms. The lowest BCUT2D eigenvalue weighted by molar-refractivity contribution is 0.0980. The summed E-state index contributed by atoms with van der Waals surface area (Å²) in [5.74, 6) is 0.461. The minimum absolute atomic E-state index is 0.0422. The fourth-order valence-electron chi connectivity index (χ4n) is 3.02. The molecule has 0 fully saturated rings. The van der Waals surface area contributed by atoms with Crippen LogP contribution in [-0.2, 0) is 6.54 Å². The molecule has 0 saturated heterocycles. The summed E-state index contributed by atoms with van der Waals surface area (Å²) < 4.78 is 6.24. The van der Waals surface area contributed by atoms with Gasteiger partial charge in [0.05, 0.1) is 29.6 Å². The molecule has 2 heterocycles. The van der Waals surface area contributed by atoms with Crippen LogP contribution < -0.4 is 9.64 Å². The van der Waals surface area contributed by atoms with E-state index < -0.39 is 0 Å². The van der Waals surface area contributed by atoms with Crippen LogP contribution in [0.4, 0.5) is 5.13 Å². The molecule has 0 aliphatic rings. The third kappa shape index (κ3) is 4.06. The van der Waals surface area contributed by atoms with E-state index in [2.05, 4.69) is 9.97 Å². The number of benzene rings is 2. The number of carbonyl (C=O) groups is 2. The van der Waals surface area contributed by atoms with Crippen LogP contribution in [-0.4, -0.2) is 28.8 Å². The van der Waals surface area contributed by atoms with E-state index in [0.717, 1.165) is 15.9 Å². The Labute approximate surface area is 177 Å². The van der Waals surface area contributed by atoms with Crippen molar-refractivity contribution in [2.24, 2.45) is 0 Å². The quantitative estimate of drug-likeness (QED) is 0.423. The lowest BCUT2D eigenvalue weighted by Crippen LogP contribution is -2.30. The smallest absolute Gasteiger partial charge is 0.260 e. The van der Waals surface area contributed by atoms with E-state index >= 15 is 0 Å². The minimum atomic E-state index is -0.207. The van der Waals surface area contributed by atoms with Gasteiger partial charge >= 0.3 is 0 Å². The number of hydrogen-bond acceptors (Lipinski definition) is 6. The summed E-state index contributed by atoms with van der Waals surface area (Å²) in [5, 5.41) is 0.574. The Morgan fingerprint density at radius 3 is 2.47 bits per heavy atom. The molecule has 0 radical (unpaired) electrons. The SMILES string of the molecule is COc1ccc2sc(N(Cc3ccccn3)C(=O)c3ccc(C(C)=O)cc3)nc2c1. The third-order valence-corrected chi connectivity index (χ3v) is 5.70. The van der Waals surface area contributed by atoms with Crippen LogP contribution in [0.15, 0.2) is 66.9 Å². The summed E-state index contributed by atoms with van der Waals surface area (Å²) in [7, 11) is 1.61. The van der Waals surface area contributed by atoms with Gasteiger partial charge in [0.25, 0.3) is 5.91 Å². The van der Waals surface area contributed by atoms with Gasteiger partial charge in [-0.2, -0.15) is 0 Å². The number of thiazole rings is 1. The third-order valence-electron chi connectivity index (χ3n) is 4.64. The summed E-state index contributed by atoms with van der Waals surface area (Å²) in [4.78, 5) is 35.6. The van der Waals surface area contributed by atoms with Crippen LogP contribution in [0.25, 0.3) is 10.2 Å². The number of anilines is 1. The standard InChI is InChI=1S/C23H19N3O3S/c1-15(27)16-6-8-17(9-7-16)22(28)26(14-18-5-3-4-12-24-18)23-25-20-13-19(29-2)10-11-21(20)30-23/h3-13H,14H2,1-2H3. The van der Waals surface area contributed by atoms with E-state index in [0.29, 0.717) is 22.0 Å². The topological polar surface area (TPSA) is 72.4 Å². The molecule has 0 N–H and O–H groups in total. The molecular formula is C23H19N3O3S. The summed E-state index contributed by atoms with van der Waals surface area (Å²) in [6, 6.07) is 17.9. The number of Topliss-reactive ketones (excluding diaryl/α,β-unsaturated/α-hetero) is 1. The van der Waals surface area contributed by atoms with Crippen LogP contribution in [0, 0.1) is 0 Å². The van der Waals surface area contributed by atoms with Crippen LogP contribution in [0.1, 0.15) is 33.3 Å². The molecule has 2 aromatic heterocycles. The van der Waals surface area contributed by atoms with Crippen molar-refractivity contribution in [2.75, 3.05) is 12.0 Å². The van der Waals surface area contributed by atoms with E-state index in [4.69, 9.17) is 4.74 Å². The van der Waals surface area contributed by atoms with Crippen molar-refractivity contribution >= 4 is 38.4 Å². The van der Waals surface area contributed by atoms with E-state index in [1.54, 1.807) is 42.5 Å². The molecule has 7 heteroatoms. The molecule has 0 aliphatic carbocycles. The van der Waals surface area contributed by atoms with E-state index in [-0.39, 0.29) is 18.2 Å². The first-order chi connectivity index (χ1) is 14.5. The normalized spacial score (nSPS) is 10.7. The molecule has 30 heavy (non-hydrogen) atoms. The summed E-state index contributed by atoms with van der Waals surface area (Å²) in [5.41, 5.74) is 2.56. The van der Waals surface area contributed by atoms with Crippen molar-refractivity contribution in [1.82, 2.24) is 9.97 Å². The predicted octanol–water partition coefficient (Wildman–Crippen LogP) is 4.75. The number of rotatable bonds is 6. The van der Waals surface area contributed by atoms with Crippen molar-refractivity contribution < 1.29 is 14.3 Å². The number of fused-ring (bicyclic) bond motifs is 1. The number of amides is 1. The van der Waals surface area contributed by atoms with Crippen molar-refractivity contribution in [3.8, 4) is 5.75 Å². The Bertz CT molecular complexity index is 1200. The number of aromatic nitrogens is 2. The highest BCUT2D eigenvalue weighted by atomic mass is 32.1. The van der Waals surface area contributed by atoms with Crippen molar-refractivity contribution in [3.05, 3.63) is 83.7 Å². The van der Waals surface area contributed by atoms with Gasteiger partial charge in [0, 0.05) is 23.4 Å². The molecule has 1 amide bonds. The zero-order chi connectivity index (χ0) is 21.1. The Balaban J connectivity index is 1.74. The first-order valence-corrected chi connectivity index (χ1v) is 10.1. The zero-order valence-corrected chi connectivity index (χ0v) is 17.3. The Morgan fingerprint density at radius 2 is 1.80 bits per heavy atom. The maximum atomic E-state index is 13.4. The van der Waals surface area contributed by atoms with Gasteiger partial charge in [-0.25, -0.2) is 4.98 Å². The van der Waals surface area contributed by atoms with Crippen LogP contribution in [0.3, 0.4) is 0 Å². The molecule has 150 valence electrons. The Kier molecular flexibility index (Phi) is 5.54. The number of hydrogen-bond donors (Lipinski definition) is 0. The first-order valence-electron chi connectivity index (χ1n) is 9.32. The second-order valence-electron chi connectivity index (χ2n) is 6.68. The summed E-state index contributed by atoms with van der Waals surface area (Å²) in [6.07, 6.45) is 1.70. The highest BCUT2D eigenvalue weighted by Gasteiger charge is 2.22. The second-order valence-corrected chi connectivity index (χ2v) is 7.69. The lowest BCUT2D eigenvalue weighted by atomic mass is 10.1. The van der Waals surface area contributed by atoms with Crippen LogP contribution >= 0.6 is 11.3 Å². The maximum Gasteiger partial charge on any atom is 0.260 e. The molecule has 0 unspecified atom stereocenters. The fourth-order valence-corrected chi connectivity index (χ4v) is 3.96. The Hall–Kier alpha value is -3.58. The van der Waals surface area contributed by atoms with Gasteiger partial charge in [0.1, 0.15) is 5.75 Å². The number of ether oxygens (including phenoxy) is 1. The molecule has 0 atom stereocenters. The number of methoxy groups -OCH3 is 1. The highest BCUT2D eigenvalue weighted by molar-refractivity contribution is 7.22. The molecule has 0 saturated carbocycles. The lowest BCUT2D eigenvalue weighted by Gasteiger charge is -2.19. The molecule has 0 spiro atoms. The van der Waals surface area contributed by atoms with Gasteiger partial charge in [-0.15, -0.1) is 0 Å². The molecule has 4 rings (SSSR count). The highest BCUT2D eigenvalue weighted by Crippen LogP contribution is 2.32. The molecular weight excluding hydrogens is 398 g/mol. The summed E-state index contributed by atoms with van der Waals surface area (Å²) in [6.45, 7) is 1.78. The second kappa shape index (κ2) is 8.42. The molecule has 4 aromatic rings. The van der Waals surface area contributed by atoms with Gasteiger partial charge < -0.3 is 4.74 Å². The fraction of sp³-hybridized carbons (Fsp3) is 0.130. The van der Waals surface area contributed by atoms with Gasteiger partial charge in [-0.3, -0.25) is 19.5 Å². The maximum absolute atomic E-state index is 13.4. The Morgan fingerprint density at radius 1 is 1.03 bits per heavy atom. The number of ketones is 1. The molecule has 2 aromatic carbocycles. The largest absolute Gasteiger partial charge is 0.497 e. The number of nitrogens with zero attached hydrogens (tertiary/aromatic N) is 3.